The van der Waals surface area contributed by atoms with E-state index >= 15 is 0 Å². The van der Waals surface area contributed by atoms with Gasteiger partial charge in [-0.15, -0.1) is 11.3 Å². The molecule has 0 bridgehead atoms. The first-order valence-electron chi connectivity index (χ1n) is 8.04. The highest BCUT2D eigenvalue weighted by atomic mass is 32.1. The summed E-state index contributed by atoms with van der Waals surface area (Å²) in [6.07, 6.45) is 0.353. The zero-order valence-electron chi connectivity index (χ0n) is 13.8. The number of carbonyl (C=O) groups is 1. The molecule has 1 heterocycles. The Morgan fingerprint density at radius 3 is 2.50 bits per heavy atom. The largest absolute Gasteiger partial charge is 0.508 e. The first kappa shape index (κ1) is 16.5. The summed E-state index contributed by atoms with van der Waals surface area (Å²) in [4.78, 5) is 14.4. The molecule has 0 aliphatic heterocycles. The van der Waals surface area contributed by atoms with Gasteiger partial charge in [0.2, 0.25) is 0 Å². The van der Waals surface area contributed by atoms with E-state index in [0.717, 1.165) is 20.9 Å². The van der Waals surface area contributed by atoms with Gasteiger partial charge in [-0.1, -0.05) is 50.2 Å². The summed E-state index contributed by atoms with van der Waals surface area (Å²) in [5, 5.41) is 9.32. The van der Waals surface area contributed by atoms with Crippen molar-refractivity contribution < 1.29 is 9.90 Å². The third kappa shape index (κ3) is 3.74. The quantitative estimate of drug-likeness (QED) is 0.610. The molecule has 1 N–H and O–H groups in total. The lowest BCUT2D eigenvalue weighted by Crippen LogP contribution is -2.00. The van der Waals surface area contributed by atoms with Crippen molar-refractivity contribution in [1.82, 2.24) is 0 Å². The average Bonchev–Trinajstić information content (AvgIpc) is 3.07. The number of carbonyl (C=O) groups excluding carboxylic acids is 1. The molecule has 2 aromatic carbocycles. The highest BCUT2D eigenvalue weighted by molar-refractivity contribution is 7.17. The molecule has 0 unspecified atom stereocenters. The number of aromatic hydroxyl groups is 1. The summed E-state index contributed by atoms with van der Waals surface area (Å²) in [5.41, 5.74) is 3.38. The Morgan fingerprint density at radius 1 is 1.04 bits per heavy atom. The van der Waals surface area contributed by atoms with Crippen LogP contribution in [0.4, 0.5) is 0 Å². The van der Waals surface area contributed by atoms with E-state index in [9.17, 15) is 9.90 Å². The van der Waals surface area contributed by atoms with Crippen LogP contribution in [0.3, 0.4) is 0 Å². The maximum atomic E-state index is 12.5. The van der Waals surface area contributed by atoms with Gasteiger partial charge in [-0.2, -0.15) is 0 Å². The Labute approximate surface area is 146 Å². The molecule has 3 rings (SSSR count). The maximum Gasteiger partial charge on any atom is 0.177 e. The number of ketones is 1. The molecule has 24 heavy (non-hydrogen) atoms. The van der Waals surface area contributed by atoms with Gasteiger partial charge < -0.3 is 5.11 Å². The molecule has 0 radical (unpaired) electrons. The number of rotatable bonds is 5. The minimum absolute atomic E-state index is 0.108. The van der Waals surface area contributed by atoms with E-state index in [-0.39, 0.29) is 11.5 Å². The van der Waals surface area contributed by atoms with Crippen molar-refractivity contribution in [1.29, 1.82) is 0 Å². The second-order valence-electron chi connectivity index (χ2n) is 6.21. The van der Waals surface area contributed by atoms with Gasteiger partial charge in [0, 0.05) is 11.3 Å². The number of phenolic OH excluding ortho intramolecular Hbond substituents is 1. The van der Waals surface area contributed by atoms with Crippen molar-refractivity contribution in [3.63, 3.8) is 0 Å². The predicted octanol–water partition coefficient (Wildman–Crippen LogP) is 5.67. The van der Waals surface area contributed by atoms with Crippen LogP contribution in [-0.4, -0.2) is 10.9 Å². The van der Waals surface area contributed by atoms with Gasteiger partial charge in [0.05, 0.1) is 4.88 Å². The highest BCUT2D eigenvalue weighted by Crippen LogP contribution is 2.31. The number of Topliss-reactive ketones (excluding diaryl/α,β-unsaturated/α-hetero) is 1. The predicted molar refractivity (Wildman–Crippen MR) is 100.0 cm³/mol. The molecule has 0 aliphatic carbocycles. The Balaban J connectivity index is 1.78. The van der Waals surface area contributed by atoms with Gasteiger partial charge >= 0.3 is 0 Å². The third-order valence-corrected chi connectivity index (χ3v) is 5.20. The first-order chi connectivity index (χ1) is 11.5. The molecule has 0 aliphatic rings. The second-order valence-corrected chi connectivity index (χ2v) is 7.29. The molecule has 2 nitrogen and oxygen atoms in total. The van der Waals surface area contributed by atoms with Crippen molar-refractivity contribution in [2.24, 2.45) is 0 Å². The first-order valence-corrected chi connectivity index (χ1v) is 8.86. The number of thiophene rings is 1. The summed E-state index contributed by atoms with van der Waals surface area (Å²) in [7, 11) is 0. The Hall–Kier alpha value is -2.39. The lowest BCUT2D eigenvalue weighted by Gasteiger charge is -2.06. The topological polar surface area (TPSA) is 37.3 Å². The zero-order chi connectivity index (χ0) is 17.1. The molecule has 3 heteroatoms. The van der Waals surface area contributed by atoms with Crippen molar-refractivity contribution in [2.45, 2.75) is 26.2 Å². The van der Waals surface area contributed by atoms with Crippen LogP contribution in [0.2, 0.25) is 0 Å². The number of phenols is 1. The Bertz CT molecular complexity index is 844. The lowest BCUT2D eigenvalue weighted by atomic mass is 10.0. The second kappa shape index (κ2) is 7.02. The fraction of sp³-hybridized carbons (Fsp3) is 0.190. The van der Waals surface area contributed by atoms with Crippen LogP contribution in [-0.2, 0) is 6.42 Å². The fourth-order valence-corrected chi connectivity index (χ4v) is 3.52. The monoisotopic (exact) mass is 336 g/mol. The molecule has 0 fully saturated rings. The van der Waals surface area contributed by atoms with Crippen LogP contribution in [0.25, 0.3) is 10.4 Å². The van der Waals surface area contributed by atoms with Crippen molar-refractivity contribution >= 4 is 17.1 Å². The lowest BCUT2D eigenvalue weighted by molar-refractivity contribution is 0.0997. The SMILES string of the molecule is CC(C)c1cccc(-c2ccc(C(=O)Cc3ccc(O)cc3)s2)c1. The zero-order valence-corrected chi connectivity index (χ0v) is 14.6. The molecule has 1 aromatic heterocycles. The minimum Gasteiger partial charge on any atom is -0.508 e. The Kier molecular flexibility index (Phi) is 4.81. The molecule has 0 amide bonds. The maximum absolute atomic E-state index is 12.5. The highest BCUT2D eigenvalue weighted by Gasteiger charge is 2.12. The Morgan fingerprint density at radius 2 is 1.79 bits per heavy atom. The number of benzene rings is 2. The van der Waals surface area contributed by atoms with E-state index in [4.69, 9.17) is 0 Å². The fourth-order valence-electron chi connectivity index (χ4n) is 2.58. The van der Waals surface area contributed by atoms with Gasteiger partial charge in [-0.05, 0) is 46.9 Å². The summed E-state index contributed by atoms with van der Waals surface area (Å²) in [6.45, 7) is 4.36. The summed E-state index contributed by atoms with van der Waals surface area (Å²) in [5.74, 6) is 0.812. The van der Waals surface area contributed by atoms with Crippen LogP contribution >= 0.6 is 11.3 Å². The van der Waals surface area contributed by atoms with Crippen molar-refractivity contribution in [3.8, 4) is 16.2 Å². The van der Waals surface area contributed by atoms with E-state index in [2.05, 4.69) is 38.1 Å². The normalized spacial score (nSPS) is 11.0. The van der Waals surface area contributed by atoms with E-state index in [1.807, 2.05) is 12.1 Å². The summed E-state index contributed by atoms with van der Waals surface area (Å²) >= 11 is 1.54. The van der Waals surface area contributed by atoms with Crippen LogP contribution in [0.1, 0.15) is 40.6 Å². The number of hydrogen-bond acceptors (Lipinski definition) is 3. The van der Waals surface area contributed by atoms with Gasteiger partial charge in [-0.3, -0.25) is 4.79 Å². The van der Waals surface area contributed by atoms with Crippen molar-refractivity contribution in [3.05, 3.63) is 76.7 Å². The standard InChI is InChI=1S/C21H20O2S/c1-14(2)16-4-3-5-17(13-16)20-10-11-21(24-20)19(23)12-15-6-8-18(22)9-7-15/h3-11,13-14,22H,12H2,1-2H3. The van der Waals surface area contributed by atoms with E-state index in [1.165, 1.54) is 16.9 Å². The number of hydrogen-bond donors (Lipinski definition) is 1. The van der Waals surface area contributed by atoms with Crippen molar-refractivity contribution in [2.75, 3.05) is 0 Å². The van der Waals surface area contributed by atoms with Crippen LogP contribution < -0.4 is 0 Å². The van der Waals surface area contributed by atoms with Gasteiger partial charge in [0.15, 0.2) is 5.78 Å². The van der Waals surface area contributed by atoms with Gasteiger partial charge in [0.1, 0.15) is 5.75 Å². The van der Waals surface area contributed by atoms with Crippen LogP contribution in [0.15, 0.2) is 60.7 Å². The van der Waals surface area contributed by atoms with Gasteiger partial charge in [0.25, 0.3) is 0 Å². The summed E-state index contributed by atoms with van der Waals surface area (Å²) in [6, 6.07) is 19.2. The molecule has 3 aromatic rings. The van der Waals surface area contributed by atoms with E-state index in [0.29, 0.717) is 12.3 Å². The third-order valence-electron chi connectivity index (χ3n) is 4.02. The smallest absolute Gasteiger partial charge is 0.177 e. The molecule has 0 saturated carbocycles. The van der Waals surface area contributed by atoms with E-state index in [1.54, 1.807) is 24.3 Å². The summed E-state index contributed by atoms with van der Waals surface area (Å²) < 4.78 is 0. The molecule has 0 atom stereocenters. The molecule has 122 valence electrons. The van der Waals surface area contributed by atoms with E-state index < -0.39 is 0 Å². The molecular weight excluding hydrogens is 316 g/mol. The van der Waals surface area contributed by atoms with Crippen LogP contribution in [0, 0.1) is 0 Å². The molecule has 0 saturated heterocycles. The van der Waals surface area contributed by atoms with Crippen LogP contribution in [0.5, 0.6) is 5.75 Å². The van der Waals surface area contributed by atoms with Gasteiger partial charge in [-0.25, -0.2) is 0 Å². The minimum atomic E-state index is 0.108. The molecule has 0 spiro atoms. The molecular formula is C21H20O2S. The average molecular weight is 336 g/mol.